The Balaban J connectivity index is 1.70. The summed E-state index contributed by atoms with van der Waals surface area (Å²) in [6.45, 7) is 13.1. The molecule has 1 aromatic heterocycles. The van der Waals surface area contributed by atoms with Crippen LogP contribution in [0, 0.1) is 5.41 Å². The van der Waals surface area contributed by atoms with E-state index in [-0.39, 0.29) is 22.9 Å². The quantitative estimate of drug-likeness (QED) is 0.894. The Hall–Kier alpha value is -1.50. The van der Waals surface area contributed by atoms with Crippen molar-refractivity contribution >= 4 is 5.91 Å². The van der Waals surface area contributed by atoms with Crippen LogP contribution in [0.2, 0.25) is 0 Å². The molecule has 2 bridgehead atoms. The molecule has 0 radical (unpaired) electrons. The highest BCUT2D eigenvalue weighted by molar-refractivity contribution is 5.81. The van der Waals surface area contributed by atoms with E-state index in [1.165, 1.54) is 19.3 Å². The summed E-state index contributed by atoms with van der Waals surface area (Å²) < 4.78 is 1.94. The molecule has 0 spiro atoms. The molecule has 3 atom stereocenters. The molecule has 1 amide bonds. The molecule has 26 heavy (non-hydrogen) atoms. The van der Waals surface area contributed by atoms with Gasteiger partial charge in [-0.1, -0.05) is 27.2 Å². The minimum absolute atomic E-state index is 0.118. The standard InChI is InChI=1S/C19H34N6O/c1-18(2,3)17(26)20-13-10-14-8-7-9-15(11-13)24(14)12-16-21-22-23-25(16)19(4,5)6/h13-15H,7-12H2,1-6H3,(H,20,26)/t13?,14-,15+. The van der Waals surface area contributed by atoms with Crippen LogP contribution in [0.15, 0.2) is 0 Å². The number of tetrazole rings is 1. The van der Waals surface area contributed by atoms with E-state index in [0.717, 1.165) is 25.2 Å². The third-order valence-corrected chi connectivity index (χ3v) is 5.64. The van der Waals surface area contributed by atoms with Crippen molar-refractivity contribution in [2.24, 2.45) is 5.41 Å². The molecule has 7 nitrogen and oxygen atoms in total. The fourth-order valence-corrected chi connectivity index (χ4v) is 4.25. The fourth-order valence-electron chi connectivity index (χ4n) is 4.25. The van der Waals surface area contributed by atoms with Crippen molar-refractivity contribution in [2.75, 3.05) is 0 Å². The van der Waals surface area contributed by atoms with Gasteiger partial charge in [0.15, 0.2) is 5.82 Å². The molecule has 7 heteroatoms. The number of nitrogens with one attached hydrogen (secondary N) is 1. The van der Waals surface area contributed by atoms with Crippen molar-refractivity contribution in [1.82, 2.24) is 30.4 Å². The van der Waals surface area contributed by atoms with E-state index in [1.54, 1.807) is 0 Å². The van der Waals surface area contributed by atoms with Gasteiger partial charge in [-0.3, -0.25) is 9.69 Å². The number of hydrogen-bond donors (Lipinski definition) is 1. The highest BCUT2D eigenvalue weighted by atomic mass is 16.2. The van der Waals surface area contributed by atoms with E-state index >= 15 is 0 Å². The van der Waals surface area contributed by atoms with Gasteiger partial charge in [0, 0.05) is 23.5 Å². The van der Waals surface area contributed by atoms with E-state index in [2.05, 4.69) is 46.5 Å². The molecule has 2 aliphatic rings. The summed E-state index contributed by atoms with van der Waals surface area (Å²) in [6.07, 6.45) is 5.70. The molecule has 2 aliphatic heterocycles. The molecule has 0 aromatic carbocycles. The summed E-state index contributed by atoms with van der Waals surface area (Å²) in [5.41, 5.74) is -0.450. The van der Waals surface area contributed by atoms with Gasteiger partial charge in [0.05, 0.1) is 12.1 Å². The van der Waals surface area contributed by atoms with Gasteiger partial charge in [-0.25, -0.2) is 4.68 Å². The Bertz CT molecular complexity index is 627. The first-order valence-electron chi connectivity index (χ1n) is 9.90. The molecule has 1 N–H and O–H groups in total. The zero-order chi connectivity index (χ0) is 19.1. The smallest absolute Gasteiger partial charge is 0.225 e. The Morgan fingerprint density at radius 3 is 2.27 bits per heavy atom. The van der Waals surface area contributed by atoms with E-state index in [9.17, 15) is 4.79 Å². The number of nitrogens with zero attached hydrogens (tertiary/aromatic N) is 5. The second kappa shape index (κ2) is 6.91. The van der Waals surface area contributed by atoms with Crippen molar-refractivity contribution in [3.63, 3.8) is 0 Å². The van der Waals surface area contributed by atoms with Gasteiger partial charge in [-0.15, -0.1) is 5.10 Å². The van der Waals surface area contributed by atoms with Crippen LogP contribution in [0.25, 0.3) is 0 Å². The third kappa shape index (κ3) is 4.08. The summed E-state index contributed by atoms with van der Waals surface area (Å²) in [6, 6.07) is 1.28. The van der Waals surface area contributed by atoms with Crippen LogP contribution in [0.3, 0.4) is 0 Å². The summed E-state index contributed by atoms with van der Waals surface area (Å²) in [5, 5.41) is 15.7. The average molecular weight is 363 g/mol. The number of rotatable bonds is 3. The number of aromatic nitrogens is 4. The molecular formula is C19H34N6O. The molecule has 0 saturated carbocycles. The summed E-state index contributed by atoms with van der Waals surface area (Å²) in [4.78, 5) is 15.0. The SMILES string of the molecule is CC(C)(C)C(=O)NC1C[C@H]2CCC[C@@H](C1)N2Cc1nnnn1C(C)(C)C. The van der Waals surface area contributed by atoms with Crippen LogP contribution in [0.5, 0.6) is 0 Å². The van der Waals surface area contributed by atoms with E-state index in [1.807, 2.05) is 25.5 Å². The number of hydrogen-bond acceptors (Lipinski definition) is 5. The van der Waals surface area contributed by atoms with Crippen molar-refractivity contribution in [3.8, 4) is 0 Å². The average Bonchev–Trinajstić information content (AvgIpc) is 2.95. The predicted octanol–water partition coefficient (Wildman–Crippen LogP) is 2.48. The minimum atomic E-state index is -0.332. The normalized spacial score (nSPS) is 27.4. The van der Waals surface area contributed by atoms with Gasteiger partial charge in [0.2, 0.25) is 5.91 Å². The number of carbonyl (C=O) groups excluding carboxylic acids is 1. The molecule has 1 aromatic rings. The maximum absolute atomic E-state index is 12.4. The van der Waals surface area contributed by atoms with Gasteiger partial charge in [0.25, 0.3) is 0 Å². The second-order valence-electron chi connectivity index (χ2n) is 9.98. The molecule has 146 valence electrons. The lowest BCUT2D eigenvalue weighted by Gasteiger charge is -2.49. The third-order valence-electron chi connectivity index (χ3n) is 5.64. The Labute approximate surface area is 156 Å². The van der Waals surface area contributed by atoms with Crippen molar-refractivity contribution < 1.29 is 4.79 Å². The Morgan fingerprint density at radius 1 is 1.12 bits per heavy atom. The van der Waals surface area contributed by atoms with Gasteiger partial charge in [-0.2, -0.15) is 0 Å². The lowest BCUT2D eigenvalue weighted by Crippen LogP contribution is -2.57. The van der Waals surface area contributed by atoms with Crippen molar-refractivity contribution in [2.45, 2.75) is 104 Å². The lowest BCUT2D eigenvalue weighted by atomic mass is 9.81. The van der Waals surface area contributed by atoms with Crippen LogP contribution in [-0.4, -0.2) is 49.1 Å². The van der Waals surface area contributed by atoms with E-state index < -0.39 is 0 Å². The maximum atomic E-state index is 12.4. The highest BCUT2D eigenvalue weighted by Gasteiger charge is 2.40. The summed E-state index contributed by atoms with van der Waals surface area (Å²) >= 11 is 0. The van der Waals surface area contributed by atoms with Crippen molar-refractivity contribution in [1.29, 1.82) is 0 Å². The number of fused-ring (bicyclic) bond motifs is 2. The highest BCUT2D eigenvalue weighted by Crippen LogP contribution is 2.35. The van der Waals surface area contributed by atoms with E-state index in [4.69, 9.17) is 0 Å². The van der Waals surface area contributed by atoms with Crippen LogP contribution < -0.4 is 5.32 Å². The monoisotopic (exact) mass is 362 g/mol. The van der Waals surface area contributed by atoms with Gasteiger partial charge in [-0.05, 0) is 56.9 Å². The van der Waals surface area contributed by atoms with Crippen LogP contribution in [-0.2, 0) is 16.9 Å². The summed E-state index contributed by atoms with van der Waals surface area (Å²) in [7, 11) is 0. The molecule has 0 aliphatic carbocycles. The van der Waals surface area contributed by atoms with Gasteiger partial charge < -0.3 is 5.32 Å². The second-order valence-corrected chi connectivity index (χ2v) is 9.98. The molecule has 1 unspecified atom stereocenters. The predicted molar refractivity (Wildman–Crippen MR) is 100 cm³/mol. The molecular weight excluding hydrogens is 328 g/mol. The Morgan fingerprint density at radius 2 is 1.73 bits per heavy atom. The molecule has 2 saturated heterocycles. The zero-order valence-electron chi connectivity index (χ0n) is 17.1. The molecule has 3 heterocycles. The van der Waals surface area contributed by atoms with Gasteiger partial charge in [0.1, 0.15) is 0 Å². The first-order chi connectivity index (χ1) is 12.1. The van der Waals surface area contributed by atoms with E-state index in [0.29, 0.717) is 12.1 Å². The molecule has 3 rings (SSSR count). The zero-order valence-corrected chi connectivity index (χ0v) is 17.1. The van der Waals surface area contributed by atoms with Gasteiger partial charge >= 0.3 is 0 Å². The van der Waals surface area contributed by atoms with Crippen molar-refractivity contribution in [3.05, 3.63) is 5.82 Å². The maximum Gasteiger partial charge on any atom is 0.225 e. The minimum Gasteiger partial charge on any atom is -0.353 e. The summed E-state index contributed by atoms with van der Waals surface area (Å²) in [5.74, 6) is 1.09. The number of piperidine rings is 2. The number of amides is 1. The van der Waals surface area contributed by atoms with Crippen LogP contribution >= 0.6 is 0 Å². The number of carbonyl (C=O) groups is 1. The molecule has 2 fully saturated rings. The topological polar surface area (TPSA) is 75.9 Å². The first kappa shape index (κ1) is 19.3. The largest absolute Gasteiger partial charge is 0.353 e. The fraction of sp³-hybridized carbons (Fsp3) is 0.895. The first-order valence-corrected chi connectivity index (χ1v) is 9.90. The van der Waals surface area contributed by atoms with Crippen LogP contribution in [0.4, 0.5) is 0 Å². The lowest BCUT2D eigenvalue weighted by molar-refractivity contribution is -0.130. The van der Waals surface area contributed by atoms with Crippen LogP contribution in [0.1, 0.15) is 79.5 Å². The Kier molecular flexibility index (Phi) is 5.12.